The molecule has 0 aromatic carbocycles. The van der Waals surface area contributed by atoms with Gasteiger partial charge in [-0.25, -0.2) is 0 Å². The number of rotatable bonds is 6. The Bertz CT molecular complexity index is 892. The van der Waals surface area contributed by atoms with E-state index in [1.54, 1.807) is 5.57 Å². The number of hydrogen-bond donors (Lipinski definition) is 0. The van der Waals surface area contributed by atoms with E-state index < -0.39 is 0 Å². The van der Waals surface area contributed by atoms with Crippen LogP contribution in [-0.2, 0) is 28.6 Å². The first kappa shape index (κ1) is 26.2. The van der Waals surface area contributed by atoms with Crippen molar-refractivity contribution in [1.29, 1.82) is 0 Å². The topological polar surface area (TPSA) is 78.9 Å². The van der Waals surface area contributed by atoms with E-state index in [2.05, 4.69) is 20.8 Å². The molecule has 6 nitrogen and oxygen atoms in total. The summed E-state index contributed by atoms with van der Waals surface area (Å²) in [6.45, 7) is 10.1. The van der Waals surface area contributed by atoms with Crippen LogP contribution in [0.2, 0.25) is 0 Å². The van der Waals surface area contributed by atoms with E-state index >= 15 is 0 Å². The highest BCUT2D eigenvalue weighted by Gasteiger charge is 2.60. The second-order valence-corrected chi connectivity index (χ2v) is 12.2. The number of carbonyl (C=O) groups excluding carboxylic acids is 3. The van der Waals surface area contributed by atoms with Crippen LogP contribution < -0.4 is 0 Å². The highest BCUT2D eigenvalue weighted by atomic mass is 16.5. The molecule has 4 aliphatic carbocycles. The van der Waals surface area contributed by atoms with E-state index in [1.165, 1.54) is 26.5 Å². The molecule has 0 spiro atoms. The molecule has 3 saturated carbocycles. The third-order valence-electron chi connectivity index (χ3n) is 10.5. The third-order valence-corrected chi connectivity index (χ3v) is 10.5. The Morgan fingerprint density at radius 3 is 2.37 bits per heavy atom. The standard InChI is InChI=1S/C29H44O6/c1-17(7-12-27(32)33-6)23-10-11-24-22-9-8-20-15-21(34-18(2)30)13-14-28(20,4)25(22)16-26(29(23,24)5)35-19(3)31/h17,20-21,23,25-26H,7-16H2,1-6H3/t17-,20+,21+,23-,25+,26-,28-,29+/m0/s1. The predicted molar refractivity (Wildman–Crippen MR) is 132 cm³/mol. The van der Waals surface area contributed by atoms with Crippen LogP contribution >= 0.6 is 0 Å². The number of esters is 3. The molecule has 4 aliphatic rings. The number of methoxy groups -OCH3 is 1. The summed E-state index contributed by atoms with van der Waals surface area (Å²) in [6, 6.07) is 0. The second kappa shape index (κ2) is 9.89. The average Bonchev–Trinajstić information content (AvgIpc) is 3.16. The van der Waals surface area contributed by atoms with Crippen molar-refractivity contribution in [2.75, 3.05) is 7.11 Å². The lowest BCUT2D eigenvalue weighted by atomic mass is 9.48. The molecule has 0 bridgehead atoms. The van der Waals surface area contributed by atoms with Crippen LogP contribution in [0.5, 0.6) is 0 Å². The van der Waals surface area contributed by atoms with Gasteiger partial charge in [-0.15, -0.1) is 0 Å². The maximum absolute atomic E-state index is 12.3. The first-order valence-electron chi connectivity index (χ1n) is 13.6. The normalized spacial score (nSPS) is 39.1. The van der Waals surface area contributed by atoms with Gasteiger partial charge in [-0.1, -0.05) is 31.9 Å². The van der Waals surface area contributed by atoms with Gasteiger partial charge in [0.05, 0.1) is 7.11 Å². The monoisotopic (exact) mass is 488 g/mol. The van der Waals surface area contributed by atoms with E-state index in [9.17, 15) is 14.4 Å². The smallest absolute Gasteiger partial charge is 0.305 e. The van der Waals surface area contributed by atoms with Gasteiger partial charge in [0, 0.05) is 25.7 Å². The molecule has 3 fully saturated rings. The van der Waals surface area contributed by atoms with Crippen molar-refractivity contribution in [1.82, 2.24) is 0 Å². The molecule has 8 atom stereocenters. The van der Waals surface area contributed by atoms with Crippen molar-refractivity contribution < 1.29 is 28.6 Å². The number of allylic oxidation sites excluding steroid dienone is 1. The Labute approximate surface area is 210 Å². The average molecular weight is 489 g/mol. The number of ether oxygens (including phenoxy) is 3. The van der Waals surface area contributed by atoms with Gasteiger partial charge < -0.3 is 14.2 Å². The van der Waals surface area contributed by atoms with Crippen LogP contribution in [0, 0.1) is 34.5 Å². The molecule has 0 amide bonds. The van der Waals surface area contributed by atoms with E-state index in [1.807, 2.05) is 0 Å². The van der Waals surface area contributed by atoms with E-state index in [4.69, 9.17) is 14.2 Å². The van der Waals surface area contributed by atoms with E-state index in [-0.39, 0.29) is 40.9 Å². The Morgan fingerprint density at radius 1 is 1.00 bits per heavy atom. The fraction of sp³-hybridized carbons (Fsp3) is 0.828. The van der Waals surface area contributed by atoms with Gasteiger partial charge in [0.1, 0.15) is 12.2 Å². The summed E-state index contributed by atoms with van der Waals surface area (Å²) in [6.07, 6.45) is 9.26. The summed E-state index contributed by atoms with van der Waals surface area (Å²) in [5, 5.41) is 0. The lowest BCUT2D eigenvalue weighted by Gasteiger charge is -2.58. The van der Waals surface area contributed by atoms with Crippen LogP contribution in [0.15, 0.2) is 11.1 Å². The van der Waals surface area contributed by atoms with Gasteiger partial charge in [-0.05, 0) is 86.9 Å². The molecule has 0 unspecified atom stereocenters. The minimum Gasteiger partial charge on any atom is -0.469 e. The molecule has 4 rings (SSSR count). The fourth-order valence-corrected chi connectivity index (χ4v) is 8.69. The van der Waals surface area contributed by atoms with Crippen molar-refractivity contribution >= 4 is 17.9 Å². The second-order valence-electron chi connectivity index (χ2n) is 12.2. The zero-order valence-corrected chi connectivity index (χ0v) is 22.5. The largest absolute Gasteiger partial charge is 0.469 e. The minimum atomic E-state index is -0.206. The zero-order chi connectivity index (χ0) is 25.5. The molecule has 0 N–H and O–H groups in total. The molecule has 0 saturated heterocycles. The van der Waals surface area contributed by atoms with Crippen molar-refractivity contribution in [2.45, 2.75) is 111 Å². The molecule has 0 radical (unpaired) electrons. The van der Waals surface area contributed by atoms with Gasteiger partial charge in [-0.3, -0.25) is 14.4 Å². The molecule has 196 valence electrons. The van der Waals surface area contributed by atoms with Crippen molar-refractivity contribution in [3.8, 4) is 0 Å². The summed E-state index contributed by atoms with van der Waals surface area (Å²) in [5.74, 6) is 1.11. The van der Waals surface area contributed by atoms with E-state index in [0.29, 0.717) is 30.1 Å². The maximum Gasteiger partial charge on any atom is 0.305 e. The SMILES string of the molecule is COC(=O)CC[C@H](C)[C@@H]1CCC2=C3CC[C@@H]4C[C@H](OC(C)=O)CC[C@]4(C)[C@@H]3C[C@H](OC(C)=O)[C@@]21C. The third kappa shape index (κ3) is 4.67. The lowest BCUT2D eigenvalue weighted by Crippen LogP contribution is -2.53. The highest BCUT2D eigenvalue weighted by Crippen LogP contribution is 2.66. The molecular formula is C29H44O6. The molecule has 35 heavy (non-hydrogen) atoms. The number of hydrogen-bond acceptors (Lipinski definition) is 6. The Hall–Kier alpha value is -1.85. The molecule has 0 heterocycles. The highest BCUT2D eigenvalue weighted by molar-refractivity contribution is 5.69. The Balaban J connectivity index is 1.64. The van der Waals surface area contributed by atoms with Gasteiger partial charge >= 0.3 is 17.9 Å². The van der Waals surface area contributed by atoms with Gasteiger partial charge in [0.2, 0.25) is 0 Å². The summed E-state index contributed by atoms with van der Waals surface area (Å²) < 4.78 is 16.6. The van der Waals surface area contributed by atoms with Crippen LogP contribution in [0.4, 0.5) is 0 Å². The maximum atomic E-state index is 12.3. The fourth-order valence-electron chi connectivity index (χ4n) is 8.69. The number of fused-ring (bicyclic) bond motifs is 4. The molecular weight excluding hydrogens is 444 g/mol. The van der Waals surface area contributed by atoms with Gasteiger partial charge in [0.25, 0.3) is 0 Å². The zero-order valence-electron chi connectivity index (χ0n) is 22.5. The first-order valence-corrected chi connectivity index (χ1v) is 13.6. The van der Waals surface area contributed by atoms with Crippen LogP contribution in [0.1, 0.15) is 98.8 Å². The number of carbonyl (C=O) groups is 3. The summed E-state index contributed by atoms with van der Waals surface area (Å²) in [5.41, 5.74) is 3.14. The van der Waals surface area contributed by atoms with Crippen molar-refractivity contribution in [3.05, 3.63) is 11.1 Å². The predicted octanol–water partition coefficient (Wildman–Crippen LogP) is 5.77. The Morgan fingerprint density at radius 2 is 1.71 bits per heavy atom. The summed E-state index contributed by atoms with van der Waals surface area (Å²) >= 11 is 0. The summed E-state index contributed by atoms with van der Waals surface area (Å²) in [4.78, 5) is 35.7. The minimum absolute atomic E-state index is 0.0319. The quantitative estimate of drug-likeness (QED) is 0.268. The van der Waals surface area contributed by atoms with Crippen LogP contribution in [-0.4, -0.2) is 37.2 Å². The molecule has 0 aromatic heterocycles. The van der Waals surface area contributed by atoms with Crippen molar-refractivity contribution in [2.24, 2.45) is 34.5 Å². The van der Waals surface area contributed by atoms with Gasteiger partial charge in [0.15, 0.2) is 0 Å². The van der Waals surface area contributed by atoms with Gasteiger partial charge in [-0.2, -0.15) is 0 Å². The van der Waals surface area contributed by atoms with E-state index in [0.717, 1.165) is 57.8 Å². The molecule has 6 heteroatoms. The Kier molecular flexibility index (Phi) is 7.41. The van der Waals surface area contributed by atoms with Crippen molar-refractivity contribution in [3.63, 3.8) is 0 Å². The summed E-state index contributed by atoms with van der Waals surface area (Å²) in [7, 11) is 1.45. The molecule has 0 aromatic rings. The first-order chi connectivity index (χ1) is 16.5. The van der Waals surface area contributed by atoms with Crippen LogP contribution in [0.3, 0.4) is 0 Å². The lowest BCUT2D eigenvalue weighted by molar-refractivity contribution is -0.160. The molecule has 0 aliphatic heterocycles. The van der Waals surface area contributed by atoms with Crippen LogP contribution in [0.25, 0.3) is 0 Å².